The maximum atomic E-state index is 7.68. The summed E-state index contributed by atoms with van der Waals surface area (Å²) < 4.78 is 7.68. The third-order valence-electron chi connectivity index (χ3n) is 2.42. The van der Waals surface area contributed by atoms with E-state index in [1.54, 1.807) is 0 Å². The summed E-state index contributed by atoms with van der Waals surface area (Å²) in [5.74, 6) is 1.58. The van der Waals surface area contributed by atoms with Crippen LogP contribution in [-0.4, -0.2) is 4.83 Å². The first kappa shape index (κ1) is 4.32. The smallest absolute Gasteiger partial charge is 0.0281 e. The number of hydrogen-bond acceptors (Lipinski definition) is 0. The molecule has 2 aliphatic carbocycles. The Labute approximate surface area is 60.2 Å². The Hall–Kier alpha value is 0.480. The molecular formula is C7H11Br. The minimum atomic E-state index is 0.212. The molecule has 0 aliphatic heterocycles. The quantitative estimate of drug-likeness (QED) is 0.497. The van der Waals surface area contributed by atoms with Crippen LogP contribution in [0.15, 0.2) is 0 Å². The summed E-state index contributed by atoms with van der Waals surface area (Å²) in [5.41, 5.74) is 0. The van der Waals surface area contributed by atoms with Crippen molar-refractivity contribution in [2.45, 2.75) is 30.5 Å². The van der Waals surface area contributed by atoms with Gasteiger partial charge in [-0.15, -0.1) is 0 Å². The first-order valence-corrected chi connectivity index (χ1v) is 4.27. The second kappa shape index (κ2) is 1.73. The van der Waals surface area contributed by atoms with Gasteiger partial charge in [0.25, 0.3) is 0 Å². The molecule has 2 fully saturated rings. The van der Waals surface area contributed by atoms with Crippen molar-refractivity contribution in [1.29, 1.82) is 0 Å². The van der Waals surface area contributed by atoms with Gasteiger partial charge in [0.1, 0.15) is 0 Å². The Bertz CT molecular complexity index is 108. The highest BCUT2D eigenvalue weighted by Gasteiger charge is 2.37. The Kier molecular flexibility index (Phi) is 0.933. The van der Waals surface area contributed by atoms with Crippen LogP contribution in [0.4, 0.5) is 0 Å². The van der Waals surface area contributed by atoms with Crippen molar-refractivity contribution in [1.82, 2.24) is 0 Å². The van der Waals surface area contributed by atoms with Crippen molar-refractivity contribution in [3.05, 3.63) is 0 Å². The van der Waals surface area contributed by atoms with Gasteiger partial charge in [-0.05, 0) is 31.1 Å². The molecule has 2 rings (SSSR count). The maximum absolute atomic E-state index is 7.68. The van der Waals surface area contributed by atoms with Crippen molar-refractivity contribution in [2.24, 2.45) is 11.8 Å². The monoisotopic (exact) mass is 175 g/mol. The van der Waals surface area contributed by atoms with Crippen LogP contribution < -0.4 is 0 Å². The van der Waals surface area contributed by atoms with Gasteiger partial charge in [-0.25, -0.2) is 0 Å². The van der Waals surface area contributed by atoms with Crippen LogP contribution in [0, 0.1) is 11.8 Å². The van der Waals surface area contributed by atoms with E-state index in [0.717, 1.165) is 11.8 Å². The second-order valence-electron chi connectivity index (χ2n) is 2.97. The molecule has 4 atom stereocenters. The SMILES string of the molecule is [2H][C@H]1[C@@H]2CC[C@@H](C2)[C@H]1Br. The van der Waals surface area contributed by atoms with Gasteiger partial charge in [-0.1, -0.05) is 22.4 Å². The van der Waals surface area contributed by atoms with Crippen molar-refractivity contribution in [3.8, 4) is 0 Å². The molecule has 8 heavy (non-hydrogen) atoms. The molecule has 2 saturated carbocycles. The van der Waals surface area contributed by atoms with Crippen molar-refractivity contribution in [3.63, 3.8) is 0 Å². The molecule has 1 heteroatoms. The van der Waals surface area contributed by atoms with E-state index in [0.29, 0.717) is 4.83 Å². The lowest BCUT2D eigenvalue weighted by molar-refractivity contribution is 0.497. The lowest BCUT2D eigenvalue weighted by Gasteiger charge is -2.13. The molecule has 46 valence electrons. The number of rotatable bonds is 0. The minimum absolute atomic E-state index is 0.212. The van der Waals surface area contributed by atoms with E-state index in [1.165, 1.54) is 19.3 Å². The van der Waals surface area contributed by atoms with Gasteiger partial charge in [0.05, 0.1) is 0 Å². The third-order valence-corrected chi connectivity index (χ3v) is 3.47. The normalized spacial score (nSPS) is 63.9. The fourth-order valence-electron chi connectivity index (χ4n) is 1.93. The molecule has 0 aromatic heterocycles. The molecule has 0 unspecified atom stereocenters. The number of fused-ring (bicyclic) bond motifs is 2. The third kappa shape index (κ3) is 0.637. The minimum Gasteiger partial charge on any atom is -0.0888 e. The largest absolute Gasteiger partial charge is 0.0888 e. The van der Waals surface area contributed by atoms with Gasteiger partial charge in [-0.3, -0.25) is 0 Å². The fourth-order valence-corrected chi connectivity index (χ4v) is 2.85. The topological polar surface area (TPSA) is 0 Å². The summed E-state index contributed by atoms with van der Waals surface area (Å²) in [5, 5.41) is 0. The lowest BCUT2D eigenvalue weighted by Crippen LogP contribution is -2.07. The summed E-state index contributed by atoms with van der Waals surface area (Å²) in [6.07, 6.45) is 4.23. The van der Waals surface area contributed by atoms with E-state index in [2.05, 4.69) is 15.9 Å². The average Bonchev–Trinajstić information content (AvgIpc) is 2.37. The fraction of sp³-hybridized carbons (Fsp3) is 1.00. The van der Waals surface area contributed by atoms with Crippen LogP contribution in [-0.2, 0) is 0 Å². The summed E-state index contributed by atoms with van der Waals surface area (Å²) in [6.45, 7) is 0. The molecule has 0 radical (unpaired) electrons. The van der Waals surface area contributed by atoms with Crippen molar-refractivity contribution < 1.29 is 1.37 Å². The summed E-state index contributed by atoms with van der Waals surface area (Å²) >= 11 is 3.57. The Morgan fingerprint density at radius 3 is 2.75 bits per heavy atom. The first-order valence-electron chi connectivity index (χ1n) is 3.93. The highest BCUT2D eigenvalue weighted by atomic mass is 79.9. The van der Waals surface area contributed by atoms with Crippen molar-refractivity contribution in [2.75, 3.05) is 0 Å². The molecule has 0 heterocycles. The standard InChI is InChI=1S/C7H11Br/c8-7-4-5-1-2-6(7)3-5/h5-7H,1-4H2/t5-,6+,7+/m1/s1/i4D/t4-,5+,6-,7-/m0. The van der Waals surface area contributed by atoms with Gasteiger partial charge in [0.15, 0.2) is 0 Å². The Morgan fingerprint density at radius 1 is 1.50 bits per heavy atom. The zero-order chi connectivity index (χ0) is 6.43. The lowest BCUT2D eigenvalue weighted by atomic mass is 10.0. The zero-order valence-electron chi connectivity index (χ0n) is 5.81. The molecule has 2 aliphatic rings. The first-order chi connectivity index (χ1) is 4.29. The van der Waals surface area contributed by atoms with Gasteiger partial charge in [-0.2, -0.15) is 0 Å². The van der Waals surface area contributed by atoms with Crippen molar-refractivity contribution >= 4 is 15.9 Å². The van der Waals surface area contributed by atoms with E-state index in [1.807, 2.05) is 0 Å². The van der Waals surface area contributed by atoms with Crippen LogP contribution in [0.25, 0.3) is 0 Å². The highest BCUT2D eigenvalue weighted by molar-refractivity contribution is 9.09. The average molecular weight is 176 g/mol. The van der Waals surface area contributed by atoms with Crippen LogP contribution in [0.1, 0.15) is 27.0 Å². The predicted molar refractivity (Wildman–Crippen MR) is 38.2 cm³/mol. The van der Waals surface area contributed by atoms with E-state index in [-0.39, 0.29) is 6.40 Å². The molecule has 0 aromatic carbocycles. The van der Waals surface area contributed by atoms with E-state index in [4.69, 9.17) is 1.37 Å². The number of alkyl halides is 1. The van der Waals surface area contributed by atoms with Gasteiger partial charge in [0.2, 0.25) is 0 Å². The van der Waals surface area contributed by atoms with Crippen LogP contribution >= 0.6 is 15.9 Å². The number of halogens is 1. The van der Waals surface area contributed by atoms with Gasteiger partial charge < -0.3 is 0 Å². The van der Waals surface area contributed by atoms with Crippen LogP contribution in [0.3, 0.4) is 0 Å². The zero-order valence-corrected chi connectivity index (χ0v) is 6.39. The maximum Gasteiger partial charge on any atom is 0.0281 e. The highest BCUT2D eigenvalue weighted by Crippen LogP contribution is 2.47. The molecule has 0 saturated heterocycles. The molecule has 0 N–H and O–H groups in total. The van der Waals surface area contributed by atoms with E-state index >= 15 is 0 Å². The van der Waals surface area contributed by atoms with Crippen LogP contribution in [0.2, 0.25) is 0 Å². The van der Waals surface area contributed by atoms with E-state index < -0.39 is 0 Å². The summed E-state index contributed by atoms with van der Waals surface area (Å²) in [7, 11) is 0. The molecule has 0 amide bonds. The Morgan fingerprint density at radius 2 is 2.38 bits per heavy atom. The molecular weight excluding hydrogens is 164 g/mol. The molecule has 0 aromatic rings. The predicted octanol–water partition coefficient (Wildman–Crippen LogP) is 2.57. The number of hydrogen-bond donors (Lipinski definition) is 0. The Balaban J connectivity index is 2.15. The molecule has 2 bridgehead atoms. The molecule has 0 nitrogen and oxygen atoms in total. The van der Waals surface area contributed by atoms with E-state index in [9.17, 15) is 0 Å². The van der Waals surface area contributed by atoms with Gasteiger partial charge >= 0.3 is 0 Å². The van der Waals surface area contributed by atoms with Crippen LogP contribution in [0.5, 0.6) is 0 Å². The molecule has 0 spiro atoms. The van der Waals surface area contributed by atoms with Gasteiger partial charge in [0, 0.05) is 6.20 Å². The summed E-state index contributed by atoms with van der Waals surface area (Å²) in [6, 6.07) is 0. The second-order valence-corrected chi connectivity index (χ2v) is 4.03. The summed E-state index contributed by atoms with van der Waals surface area (Å²) in [4.78, 5) is 0.524.